The van der Waals surface area contributed by atoms with Crippen LogP contribution in [0.15, 0.2) is 36.5 Å². The molecule has 3 aromatic rings. The molecule has 4 heterocycles. The van der Waals surface area contributed by atoms with Crippen molar-refractivity contribution >= 4 is 12.0 Å². The van der Waals surface area contributed by atoms with E-state index in [1.807, 2.05) is 33.0 Å². The van der Waals surface area contributed by atoms with Gasteiger partial charge in [0.1, 0.15) is 5.60 Å². The van der Waals surface area contributed by atoms with E-state index in [2.05, 4.69) is 41.5 Å². The van der Waals surface area contributed by atoms with Gasteiger partial charge in [-0.1, -0.05) is 23.8 Å². The molecule has 1 aromatic carbocycles. The molecule has 2 aliphatic heterocycles. The highest BCUT2D eigenvalue weighted by molar-refractivity contribution is 6.01. The topological polar surface area (TPSA) is 87.3 Å². The predicted molar refractivity (Wildman–Crippen MR) is 133 cm³/mol. The molecule has 0 saturated carbocycles. The number of ether oxygens (including phenoxy) is 1. The van der Waals surface area contributed by atoms with E-state index < -0.39 is 11.1 Å². The summed E-state index contributed by atoms with van der Waals surface area (Å²) in [5.74, 6) is -0.0518. The molecule has 1 spiro atoms. The number of aromatic nitrogens is 2. The molecule has 7 heteroatoms. The van der Waals surface area contributed by atoms with Gasteiger partial charge in [0, 0.05) is 42.5 Å². The fourth-order valence-corrected chi connectivity index (χ4v) is 5.64. The quantitative estimate of drug-likeness (QED) is 0.551. The molecular weight excluding hydrogens is 440 g/mol. The normalized spacial score (nSPS) is 17.7. The summed E-state index contributed by atoms with van der Waals surface area (Å²) in [5, 5.41) is 3.22. The monoisotopic (exact) mass is 470 g/mol. The van der Waals surface area contributed by atoms with Gasteiger partial charge in [-0.05, 0) is 63.8 Å². The molecule has 0 radical (unpaired) electrons. The highest BCUT2D eigenvalue weighted by atomic mass is 16.6. The SMILES string of the molecule is Cc1cccc(-c2cc3c(cn2)CCc2c-3[nH]c3c2C(=O)NC2(C3)CN(C(=O)OC(C)(C)C)C2)c1. The molecule has 6 rings (SSSR count). The number of H-pyrrole nitrogens is 1. The van der Waals surface area contributed by atoms with Gasteiger partial charge in [0.25, 0.3) is 5.91 Å². The van der Waals surface area contributed by atoms with E-state index in [1.54, 1.807) is 4.90 Å². The minimum absolute atomic E-state index is 0.0518. The van der Waals surface area contributed by atoms with Gasteiger partial charge in [-0.3, -0.25) is 9.78 Å². The van der Waals surface area contributed by atoms with Gasteiger partial charge in [0.05, 0.1) is 22.5 Å². The van der Waals surface area contributed by atoms with Crippen molar-refractivity contribution in [3.05, 3.63) is 64.5 Å². The number of pyridine rings is 1. The molecule has 2 amide bonds. The Balaban J connectivity index is 1.30. The van der Waals surface area contributed by atoms with Crippen LogP contribution in [0.2, 0.25) is 0 Å². The Kier molecular flexibility index (Phi) is 4.66. The molecular formula is C28H30N4O3. The van der Waals surface area contributed by atoms with Crippen molar-refractivity contribution < 1.29 is 14.3 Å². The average molecular weight is 471 g/mol. The molecule has 1 fully saturated rings. The predicted octanol–water partition coefficient (Wildman–Crippen LogP) is 4.43. The smallest absolute Gasteiger partial charge is 0.410 e. The molecule has 7 nitrogen and oxygen atoms in total. The first kappa shape index (κ1) is 21.9. The van der Waals surface area contributed by atoms with E-state index in [0.717, 1.165) is 52.2 Å². The van der Waals surface area contributed by atoms with Crippen LogP contribution in [0.3, 0.4) is 0 Å². The number of rotatable bonds is 1. The number of hydrogen-bond acceptors (Lipinski definition) is 4. The van der Waals surface area contributed by atoms with Gasteiger partial charge >= 0.3 is 6.09 Å². The van der Waals surface area contributed by atoms with Crippen LogP contribution in [0.25, 0.3) is 22.5 Å². The second kappa shape index (κ2) is 7.44. The largest absolute Gasteiger partial charge is 0.444 e. The van der Waals surface area contributed by atoms with Crippen LogP contribution in [-0.2, 0) is 24.0 Å². The van der Waals surface area contributed by atoms with E-state index in [1.165, 1.54) is 11.1 Å². The van der Waals surface area contributed by atoms with Gasteiger partial charge in [-0.2, -0.15) is 0 Å². The van der Waals surface area contributed by atoms with Crippen molar-refractivity contribution in [1.29, 1.82) is 0 Å². The lowest BCUT2D eigenvalue weighted by Gasteiger charge is -2.51. The van der Waals surface area contributed by atoms with Crippen molar-refractivity contribution in [3.63, 3.8) is 0 Å². The first-order chi connectivity index (χ1) is 16.6. The van der Waals surface area contributed by atoms with E-state index in [9.17, 15) is 9.59 Å². The van der Waals surface area contributed by atoms with Crippen molar-refractivity contribution in [2.45, 2.75) is 58.1 Å². The van der Waals surface area contributed by atoms with Crippen molar-refractivity contribution in [2.24, 2.45) is 0 Å². The number of aromatic amines is 1. The number of aryl methyl sites for hydroxylation is 2. The molecule has 1 saturated heterocycles. The molecule has 0 atom stereocenters. The van der Waals surface area contributed by atoms with Gasteiger partial charge in [-0.15, -0.1) is 0 Å². The van der Waals surface area contributed by atoms with Gasteiger partial charge < -0.3 is 19.9 Å². The number of carbonyl (C=O) groups is 2. The second-order valence-corrected chi connectivity index (χ2v) is 11.2. The minimum Gasteiger partial charge on any atom is -0.444 e. The first-order valence-electron chi connectivity index (χ1n) is 12.2. The molecule has 1 aliphatic carbocycles. The van der Waals surface area contributed by atoms with Crippen LogP contribution in [0, 0.1) is 6.92 Å². The van der Waals surface area contributed by atoms with Crippen LogP contribution in [0.5, 0.6) is 0 Å². The third-order valence-corrected chi connectivity index (χ3v) is 7.15. The Bertz CT molecular complexity index is 1380. The highest BCUT2D eigenvalue weighted by Crippen LogP contribution is 2.41. The number of likely N-dealkylation sites (tertiary alicyclic amines) is 1. The lowest BCUT2D eigenvalue weighted by atomic mass is 9.80. The van der Waals surface area contributed by atoms with Crippen molar-refractivity contribution in [1.82, 2.24) is 20.2 Å². The lowest BCUT2D eigenvalue weighted by molar-refractivity contribution is -0.0169. The third-order valence-electron chi connectivity index (χ3n) is 7.15. The summed E-state index contributed by atoms with van der Waals surface area (Å²) in [6.45, 7) is 8.56. The van der Waals surface area contributed by atoms with Crippen molar-refractivity contribution in [2.75, 3.05) is 13.1 Å². The minimum atomic E-state index is -0.541. The van der Waals surface area contributed by atoms with Gasteiger partial charge in [0.15, 0.2) is 0 Å². The zero-order chi connectivity index (χ0) is 24.5. The highest BCUT2D eigenvalue weighted by Gasteiger charge is 2.51. The molecule has 3 aliphatic rings. The number of hydrogen-bond donors (Lipinski definition) is 2. The number of fused-ring (bicyclic) bond motifs is 5. The summed E-state index contributed by atoms with van der Waals surface area (Å²) in [6, 6.07) is 10.5. The van der Waals surface area contributed by atoms with Crippen LogP contribution in [0.4, 0.5) is 4.79 Å². The van der Waals surface area contributed by atoms with Crippen LogP contribution >= 0.6 is 0 Å². The van der Waals surface area contributed by atoms with Gasteiger partial charge in [0.2, 0.25) is 0 Å². The van der Waals surface area contributed by atoms with E-state index >= 15 is 0 Å². The summed E-state index contributed by atoms with van der Waals surface area (Å²) in [4.78, 5) is 35.7. The lowest BCUT2D eigenvalue weighted by Crippen LogP contribution is -2.74. The average Bonchev–Trinajstić information content (AvgIpc) is 3.15. The third kappa shape index (κ3) is 3.70. The standard InChI is InChI=1S/C28H30N4O3/c1-16-6-5-7-17(10-16)21-11-20-18(13-29-21)8-9-19-23-22(30-24(19)20)12-28(31-25(23)33)14-32(15-28)26(34)35-27(2,3)4/h5-7,10-11,13,30H,8-9,12,14-15H2,1-4H3,(H,31,33). The van der Waals surface area contributed by atoms with E-state index in [-0.39, 0.29) is 12.0 Å². The summed E-state index contributed by atoms with van der Waals surface area (Å²) in [5.41, 5.74) is 8.41. The summed E-state index contributed by atoms with van der Waals surface area (Å²) in [7, 11) is 0. The summed E-state index contributed by atoms with van der Waals surface area (Å²) in [6.07, 6.45) is 3.98. The zero-order valence-electron chi connectivity index (χ0n) is 20.6. The van der Waals surface area contributed by atoms with Crippen LogP contribution in [-0.4, -0.2) is 51.1 Å². The molecule has 0 bridgehead atoms. The Morgan fingerprint density at radius 2 is 1.97 bits per heavy atom. The Morgan fingerprint density at radius 1 is 1.17 bits per heavy atom. The first-order valence-corrected chi connectivity index (χ1v) is 12.2. The maximum absolute atomic E-state index is 13.3. The summed E-state index contributed by atoms with van der Waals surface area (Å²) < 4.78 is 5.49. The number of benzene rings is 1. The van der Waals surface area contributed by atoms with Gasteiger partial charge in [-0.25, -0.2) is 4.79 Å². The van der Waals surface area contributed by atoms with Crippen LogP contribution < -0.4 is 5.32 Å². The zero-order valence-corrected chi connectivity index (χ0v) is 20.6. The fourth-order valence-electron chi connectivity index (χ4n) is 5.64. The summed E-state index contributed by atoms with van der Waals surface area (Å²) >= 11 is 0. The number of carbonyl (C=O) groups excluding carboxylic acids is 2. The fraction of sp³-hybridized carbons (Fsp3) is 0.393. The number of nitrogens with one attached hydrogen (secondary N) is 2. The van der Waals surface area contributed by atoms with Crippen molar-refractivity contribution in [3.8, 4) is 22.5 Å². The maximum atomic E-state index is 13.3. The molecule has 180 valence electrons. The molecule has 0 unspecified atom stereocenters. The van der Waals surface area contributed by atoms with E-state index in [0.29, 0.717) is 19.5 Å². The Morgan fingerprint density at radius 3 is 2.71 bits per heavy atom. The number of amides is 2. The Labute approximate surface area is 204 Å². The molecule has 35 heavy (non-hydrogen) atoms. The maximum Gasteiger partial charge on any atom is 0.410 e. The number of nitrogens with zero attached hydrogens (tertiary/aromatic N) is 2. The van der Waals surface area contributed by atoms with E-state index in [4.69, 9.17) is 9.72 Å². The molecule has 2 N–H and O–H groups in total. The van der Waals surface area contributed by atoms with Crippen LogP contribution in [0.1, 0.15) is 53.5 Å². The second-order valence-electron chi connectivity index (χ2n) is 11.2. The molecule has 2 aromatic heterocycles. The Hall–Kier alpha value is -3.61.